The third kappa shape index (κ3) is 1.99. The summed E-state index contributed by atoms with van der Waals surface area (Å²) >= 11 is 2.25. The number of hydrogen-bond donors (Lipinski definition) is 2. The Morgan fingerprint density at radius 1 is 1.50 bits per heavy atom. The Morgan fingerprint density at radius 2 is 2.25 bits per heavy atom. The molecule has 0 spiro atoms. The van der Waals surface area contributed by atoms with Gasteiger partial charge in [-0.1, -0.05) is 0 Å². The molecule has 0 aliphatic rings. The van der Waals surface area contributed by atoms with Crippen LogP contribution in [0.2, 0.25) is 0 Å². The largest absolute Gasteiger partial charge is 0.360 e. The molecule has 0 bridgehead atoms. The Hall–Kier alpha value is -0.880. The minimum atomic E-state index is -0.156. The number of aromatic amines is 1. The van der Waals surface area contributed by atoms with E-state index in [1.54, 1.807) is 13.2 Å². The number of rotatable bonds is 3. The molecule has 1 aromatic carbocycles. The molecule has 2 N–H and O–H groups in total. The van der Waals surface area contributed by atoms with Gasteiger partial charge in [0.2, 0.25) is 0 Å². The molecule has 16 heavy (non-hydrogen) atoms. The molecule has 4 heteroatoms. The van der Waals surface area contributed by atoms with Crippen molar-refractivity contribution in [2.24, 2.45) is 0 Å². The number of likely N-dealkylation sites (N-methyl/N-ethyl adjacent to an activating group) is 1. The van der Waals surface area contributed by atoms with Gasteiger partial charge < -0.3 is 10.3 Å². The van der Waals surface area contributed by atoms with Crippen molar-refractivity contribution in [2.75, 3.05) is 7.05 Å². The molecule has 0 radical (unpaired) electrons. The lowest BCUT2D eigenvalue weighted by Gasteiger charge is -2.07. The lowest BCUT2D eigenvalue weighted by atomic mass is 10.0. The first-order chi connectivity index (χ1) is 7.63. The molecule has 1 aromatic heterocycles. The van der Waals surface area contributed by atoms with E-state index < -0.39 is 0 Å². The van der Waals surface area contributed by atoms with Gasteiger partial charge in [0, 0.05) is 26.2 Å². The fourth-order valence-electron chi connectivity index (χ4n) is 1.66. The number of hydrogen-bond acceptors (Lipinski definition) is 2. The number of fused-ring (bicyclic) bond motifs is 1. The monoisotopic (exact) mass is 328 g/mol. The second kappa shape index (κ2) is 4.55. The van der Waals surface area contributed by atoms with E-state index in [0.29, 0.717) is 0 Å². The van der Waals surface area contributed by atoms with Crippen molar-refractivity contribution in [1.82, 2.24) is 10.3 Å². The number of benzene rings is 1. The highest BCUT2D eigenvalue weighted by Gasteiger charge is 2.17. The molecular weight excluding hydrogens is 315 g/mol. The van der Waals surface area contributed by atoms with Crippen LogP contribution in [0.1, 0.15) is 17.3 Å². The molecule has 1 unspecified atom stereocenters. The minimum absolute atomic E-state index is 0.121. The molecule has 3 nitrogen and oxygen atoms in total. The lowest BCUT2D eigenvalue weighted by molar-refractivity contribution is 0.0956. The van der Waals surface area contributed by atoms with Crippen molar-refractivity contribution in [3.05, 3.63) is 33.5 Å². The van der Waals surface area contributed by atoms with Crippen molar-refractivity contribution < 1.29 is 4.79 Å². The number of Topliss-reactive ketones (excluding diaryl/α,β-unsaturated/α-hetero) is 1. The SMILES string of the molecule is CNC(C)C(=O)c1c[nH]c2ccc(I)cc12. The molecule has 0 saturated heterocycles. The van der Waals surface area contributed by atoms with Crippen LogP contribution in [-0.4, -0.2) is 23.9 Å². The van der Waals surface area contributed by atoms with E-state index in [1.807, 2.05) is 25.1 Å². The van der Waals surface area contributed by atoms with Gasteiger partial charge in [-0.3, -0.25) is 4.79 Å². The minimum Gasteiger partial charge on any atom is -0.360 e. The van der Waals surface area contributed by atoms with E-state index in [9.17, 15) is 4.79 Å². The Kier molecular flexibility index (Phi) is 3.30. The first-order valence-electron chi connectivity index (χ1n) is 5.11. The maximum absolute atomic E-state index is 12.1. The van der Waals surface area contributed by atoms with E-state index >= 15 is 0 Å². The predicted molar refractivity (Wildman–Crippen MR) is 73.9 cm³/mol. The van der Waals surface area contributed by atoms with Gasteiger partial charge >= 0.3 is 0 Å². The standard InChI is InChI=1S/C12H13IN2O/c1-7(14-2)12(16)10-6-15-11-4-3-8(13)5-9(10)11/h3-7,14-15H,1-2H3. The van der Waals surface area contributed by atoms with Crippen LogP contribution in [0.15, 0.2) is 24.4 Å². The smallest absolute Gasteiger partial charge is 0.181 e. The van der Waals surface area contributed by atoms with E-state index in [-0.39, 0.29) is 11.8 Å². The Labute approximate surface area is 108 Å². The van der Waals surface area contributed by atoms with Gasteiger partial charge in [0.1, 0.15) is 0 Å². The summed E-state index contributed by atoms with van der Waals surface area (Å²) in [5.41, 5.74) is 1.77. The summed E-state index contributed by atoms with van der Waals surface area (Å²) in [6, 6.07) is 5.89. The third-order valence-corrected chi connectivity index (χ3v) is 3.41. The van der Waals surface area contributed by atoms with Gasteiger partial charge in [-0.25, -0.2) is 0 Å². The second-order valence-electron chi connectivity index (χ2n) is 3.77. The van der Waals surface area contributed by atoms with Gasteiger partial charge in [0.25, 0.3) is 0 Å². The summed E-state index contributed by atoms with van der Waals surface area (Å²) in [6.07, 6.45) is 1.79. The van der Waals surface area contributed by atoms with Crippen LogP contribution in [0.4, 0.5) is 0 Å². The van der Waals surface area contributed by atoms with Crippen molar-refractivity contribution in [3.8, 4) is 0 Å². The zero-order valence-electron chi connectivity index (χ0n) is 9.17. The molecule has 2 rings (SSSR count). The summed E-state index contributed by atoms with van der Waals surface area (Å²) < 4.78 is 1.14. The van der Waals surface area contributed by atoms with Crippen LogP contribution in [0.5, 0.6) is 0 Å². The van der Waals surface area contributed by atoms with Crippen LogP contribution < -0.4 is 5.32 Å². The molecule has 1 heterocycles. The summed E-state index contributed by atoms with van der Waals surface area (Å²) in [5, 5.41) is 3.97. The van der Waals surface area contributed by atoms with Crippen LogP contribution in [0, 0.1) is 3.57 Å². The normalized spacial score (nSPS) is 12.9. The van der Waals surface area contributed by atoms with Crippen molar-refractivity contribution >= 4 is 39.3 Å². The van der Waals surface area contributed by atoms with E-state index in [1.165, 1.54) is 0 Å². The van der Waals surface area contributed by atoms with Gasteiger partial charge in [-0.15, -0.1) is 0 Å². The number of nitrogens with one attached hydrogen (secondary N) is 2. The fourth-order valence-corrected chi connectivity index (χ4v) is 2.15. The topological polar surface area (TPSA) is 44.9 Å². The van der Waals surface area contributed by atoms with E-state index in [2.05, 4.69) is 32.9 Å². The predicted octanol–water partition coefficient (Wildman–Crippen LogP) is 2.56. The zero-order valence-corrected chi connectivity index (χ0v) is 11.3. The highest BCUT2D eigenvalue weighted by Crippen LogP contribution is 2.21. The number of aromatic nitrogens is 1. The molecule has 84 valence electrons. The number of H-pyrrole nitrogens is 1. The Balaban J connectivity index is 2.53. The highest BCUT2D eigenvalue weighted by atomic mass is 127. The first kappa shape index (κ1) is 11.6. The van der Waals surface area contributed by atoms with Crippen LogP contribution in [-0.2, 0) is 0 Å². The van der Waals surface area contributed by atoms with Gasteiger partial charge in [-0.2, -0.15) is 0 Å². The molecule has 0 amide bonds. The Morgan fingerprint density at radius 3 is 2.94 bits per heavy atom. The molecule has 0 fully saturated rings. The second-order valence-corrected chi connectivity index (χ2v) is 5.01. The lowest BCUT2D eigenvalue weighted by Crippen LogP contribution is -2.30. The first-order valence-corrected chi connectivity index (χ1v) is 6.19. The number of carbonyl (C=O) groups is 1. The highest BCUT2D eigenvalue weighted by molar-refractivity contribution is 14.1. The summed E-state index contributed by atoms with van der Waals surface area (Å²) in [6.45, 7) is 1.87. The van der Waals surface area contributed by atoms with E-state index in [4.69, 9.17) is 0 Å². The number of ketones is 1. The van der Waals surface area contributed by atoms with Crippen molar-refractivity contribution in [2.45, 2.75) is 13.0 Å². The van der Waals surface area contributed by atoms with Crippen LogP contribution in [0.3, 0.4) is 0 Å². The van der Waals surface area contributed by atoms with Gasteiger partial charge in [0.05, 0.1) is 6.04 Å². The maximum atomic E-state index is 12.1. The quantitative estimate of drug-likeness (QED) is 0.672. The van der Waals surface area contributed by atoms with E-state index in [0.717, 1.165) is 20.0 Å². The average molecular weight is 328 g/mol. The molecule has 0 aliphatic heterocycles. The Bertz CT molecular complexity index is 533. The van der Waals surface area contributed by atoms with Crippen LogP contribution >= 0.6 is 22.6 Å². The van der Waals surface area contributed by atoms with Gasteiger partial charge in [0.15, 0.2) is 5.78 Å². The van der Waals surface area contributed by atoms with Gasteiger partial charge in [-0.05, 0) is 54.8 Å². The number of carbonyl (C=O) groups excluding carboxylic acids is 1. The molecular formula is C12H13IN2O. The molecule has 0 aliphatic carbocycles. The third-order valence-electron chi connectivity index (χ3n) is 2.74. The summed E-state index contributed by atoms with van der Waals surface area (Å²) in [7, 11) is 1.79. The molecule has 1 atom stereocenters. The van der Waals surface area contributed by atoms with Crippen molar-refractivity contribution in [3.63, 3.8) is 0 Å². The van der Waals surface area contributed by atoms with Crippen LogP contribution in [0.25, 0.3) is 10.9 Å². The summed E-state index contributed by atoms with van der Waals surface area (Å²) in [4.78, 5) is 15.2. The molecule has 2 aromatic rings. The molecule has 0 saturated carbocycles. The number of halogens is 1. The van der Waals surface area contributed by atoms with Crippen molar-refractivity contribution in [1.29, 1.82) is 0 Å². The average Bonchev–Trinajstić information content (AvgIpc) is 2.69. The zero-order chi connectivity index (χ0) is 11.7. The summed E-state index contributed by atoms with van der Waals surface area (Å²) in [5.74, 6) is 0.121. The fraction of sp³-hybridized carbons (Fsp3) is 0.250. The maximum Gasteiger partial charge on any atom is 0.181 e.